The van der Waals surface area contributed by atoms with Crippen LogP contribution in [0.15, 0.2) is 0 Å². The Morgan fingerprint density at radius 3 is 2.47 bits per heavy atom. The highest BCUT2D eigenvalue weighted by atomic mass is 16.6. The van der Waals surface area contributed by atoms with Crippen LogP contribution in [0.1, 0.15) is 92.9 Å². The van der Waals surface area contributed by atoms with Gasteiger partial charge in [-0.1, -0.05) is 48.0 Å². The number of likely N-dealkylation sites (tertiary alicyclic amines) is 1. The molecule has 172 valence electrons. The summed E-state index contributed by atoms with van der Waals surface area (Å²) in [5, 5.41) is 0. The van der Waals surface area contributed by atoms with Gasteiger partial charge >= 0.3 is 6.09 Å². The smallest absolute Gasteiger partial charge is 0.410 e. The fourth-order valence-electron chi connectivity index (χ4n) is 7.48. The maximum Gasteiger partial charge on any atom is 0.410 e. The molecule has 30 heavy (non-hydrogen) atoms. The van der Waals surface area contributed by atoms with E-state index in [1.165, 1.54) is 38.5 Å². The van der Waals surface area contributed by atoms with Crippen molar-refractivity contribution in [1.82, 2.24) is 4.90 Å². The molecular formula is C26H45NO3. The summed E-state index contributed by atoms with van der Waals surface area (Å²) >= 11 is 0. The number of hydrogen-bond donors (Lipinski definition) is 0. The Hall–Kier alpha value is -0.770. The molecule has 7 atom stereocenters. The van der Waals surface area contributed by atoms with E-state index >= 15 is 0 Å². The van der Waals surface area contributed by atoms with Crippen LogP contribution in [0.25, 0.3) is 0 Å². The van der Waals surface area contributed by atoms with Crippen LogP contribution in [0.2, 0.25) is 0 Å². The molecule has 2 aliphatic carbocycles. The van der Waals surface area contributed by atoms with Gasteiger partial charge in [-0.25, -0.2) is 4.79 Å². The first-order chi connectivity index (χ1) is 14.2. The van der Waals surface area contributed by atoms with Gasteiger partial charge in [-0.15, -0.1) is 0 Å². The molecule has 0 aromatic carbocycles. The van der Waals surface area contributed by atoms with Gasteiger partial charge in [-0.3, -0.25) is 0 Å². The van der Waals surface area contributed by atoms with Crippen LogP contribution in [-0.4, -0.2) is 42.4 Å². The molecule has 0 aromatic heterocycles. The molecule has 2 aliphatic heterocycles. The number of ether oxygens (including phenoxy) is 2. The Labute approximate surface area is 184 Å². The predicted octanol–water partition coefficient (Wildman–Crippen LogP) is 6.28. The largest absolute Gasteiger partial charge is 0.443 e. The summed E-state index contributed by atoms with van der Waals surface area (Å²) < 4.78 is 12.8. The molecule has 0 spiro atoms. The third-order valence-corrected chi connectivity index (χ3v) is 9.51. The van der Waals surface area contributed by atoms with Crippen LogP contribution in [0.5, 0.6) is 0 Å². The maximum atomic E-state index is 12.5. The average Bonchev–Trinajstić information content (AvgIpc) is 2.93. The van der Waals surface area contributed by atoms with Gasteiger partial charge < -0.3 is 14.4 Å². The number of carbonyl (C=O) groups excluding carboxylic acids is 1. The monoisotopic (exact) mass is 419 g/mol. The summed E-state index contributed by atoms with van der Waals surface area (Å²) in [7, 11) is 0. The minimum absolute atomic E-state index is 0.0536. The number of carbonyl (C=O) groups is 1. The van der Waals surface area contributed by atoms with Gasteiger partial charge in [0.05, 0.1) is 12.2 Å². The second-order valence-electron chi connectivity index (χ2n) is 12.1. The Morgan fingerprint density at radius 2 is 1.87 bits per heavy atom. The van der Waals surface area contributed by atoms with Crippen molar-refractivity contribution >= 4 is 6.09 Å². The topological polar surface area (TPSA) is 38.8 Å². The molecule has 4 nitrogen and oxygen atoms in total. The molecule has 4 aliphatic rings. The summed E-state index contributed by atoms with van der Waals surface area (Å²) in [6.07, 6.45) is 10.0. The Morgan fingerprint density at radius 1 is 1.13 bits per heavy atom. The van der Waals surface area contributed by atoms with E-state index in [1.807, 2.05) is 4.90 Å². The molecule has 7 unspecified atom stereocenters. The molecule has 2 saturated carbocycles. The number of fused-ring (bicyclic) bond motifs is 3. The van der Waals surface area contributed by atoms with Gasteiger partial charge in [-0.2, -0.15) is 0 Å². The predicted molar refractivity (Wildman–Crippen MR) is 120 cm³/mol. The molecule has 4 heteroatoms. The van der Waals surface area contributed by atoms with Crippen molar-refractivity contribution in [3.8, 4) is 0 Å². The normalized spacial score (nSPS) is 41.0. The fraction of sp³-hybridized carbons (Fsp3) is 0.962. The van der Waals surface area contributed by atoms with Crippen molar-refractivity contribution < 1.29 is 14.3 Å². The van der Waals surface area contributed by atoms with Gasteiger partial charge in [0.1, 0.15) is 6.10 Å². The van der Waals surface area contributed by atoms with Gasteiger partial charge in [0.2, 0.25) is 0 Å². The van der Waals surface area contributed by atoms with Crippen molar-refractivity contribution in [3.05, 3.63) is 0 Å². The molecule has 2 heterocycles. The van der Waals surface area contributed by atoms with Gasteiger partial charge in [0.15, 0.2) is 0 Å². The second-order valence-corrected chi connectivity index (χ2v) is 12.1. The van der Waals surface area contributed by atoms with E-state index in [0.29, 0.717) is 22.9 Å². The van der Waals surface area contributed by atoms with Crippen LogP contribution in [0.3, 0.4) is 0 Å². The zero-order valence-corrected chi connectivity index (χ0v) is 20.3. The van der Waals surface area contributed by atoms with Gasteiger partial charge in [-0.05, 0) is 79.4 Å². The zero-order valence-electron chi connectivity index (χ0n) is 20.3. The van der Waals surface area contributed by atoms with E-state index in [0.717, 1.165) is 37.8 Å². The second kappa shape index (κ2) is 8.30. The number of hydrogen-bond acceptors (Lipinski definition) is 3. The molecule has 0 aromatic rings. The standard InChI is InChI=1S/C26H45NO3/c1-7-9-18-20-16-22-19(26(20,6)13-12-25(18,4)5)10-11-21(29-22)23(17(2)3)30-24(28)27-14-8-15-27/h17-23H,7-16H2,1-6H3. The molecule has 0 N–H and O–H groups in total. The van der Waals surface area contributed by atoms with Crippen LogP contribution < -0.4 is 0 Å². The minimum Gasteiger partial charge on any atom is -0.443 e. The SMILES string of the molecule is CCCC1C2CC3OC(C(OC(=O)N4CCC4)C(C)C)CCC3C2(C)CCC1(C)C. The Balaban J connectivity index is 1.48. The molecule has 2 saturated heterocycles. The number of rotatable bonds is 5. The van der Waals surface area contributed by atoms with E-state index in [9.17, 15) is 4.79 Å². The first-order valence-corrected chi connectivity index (χ1v) is 12.8. The van der Waals surface area contributed by atoms with E-state index in [-0.39, 0.29) is 24.2 Å². The van der Waals surface area contributed by atoms with Crippen molar-refractivity contribution in [1.29, 1.82) is 0 Å². The van der Waals surface area contributed by atoms with E-state index in [1.54, 1.807) is 0 Å². The van der Waals surface area contributed by atoms with Crippen LogP contribution in [0.4, 0.5) is 4.79 Å². The lowest BCUT2D eigenvalue weighted by molar-refractivity contribution is -0.147. The highest BCUT2D eigenvalue weighted by Gasteiger charge is 2.60. The molecule has 4 fully saturated rings. The van der Waals surface area contributed by atoms with Crippen molar-refractivity contribution in [2.24, 2.45) is 34.5 Å². The van der Waals surface area contributed by atoms with E-state index in [2.05, 4.69) is 41.5 Å². The lowest BCUT2D eigenvalue weighted by Crippen LogP contribution is -2.50. The summed E-state index contributed by atoms with van der Waals surface area (Å²) in [6, 6.07) is 0. The molecule has 4 rings (SSSR count). The Bertz CT molecular complexity index is 628. The average molecular weight is 420 g/mol. The highest BCUT2D eigenvalue weighted by molar-refractivity contribution is 5.68. The zero-order chi connectivity index (χ0) is 21.7. The lowest BCUT2D eigenvalue weighted by Gasteiger charge is -2.53. The molecular weight excluding hydrogens is 374 g/mol. The quantitative estimate of drug-likeness (QED) is 0.526. The fourth-order valence-corrected chi connectivity index (χ4v) is 7.48. The first-order valence-electron chi connectivity index (χ1n) is 12.8. The molecule has 0 bridgehead atoms. The third kappa shape index (κ3) is 3.80. The summed E-state index contributed by atoms with van der Waals surface area (Å²) in [5.74, 6) is 2.53. The van der Waals surface area contributed by atoms with E-state index in [4.69, 9.17) is 9.47 Å². The Kier molecular flexibility index (Phi) is 6.20. The number of nitrogens with zero attached hydrogens (tertiary/aromatic N) is 1. The highest BCUT2D eigenvalue weighted by Crippen LogP contribution is 2.65. The third-order valence-electron chi connectivity index (χ3n) is 9.51. The first kappa shape index (κ1) is 22.4. The summed E-state index contributed by atoms with van der Waals surface area (Å²) in [4.78, 5) is 14.3. The summed E-state index contributed by atoms with van der Waals surface area (Å²) in [5.41, 5.74) is 0.868. The van der Waals surface area contributed by atoms with Gasteiger partial charge in [0, 0.05) is 13.1 Å². The minimum atomic E-state index is -0.137. The van der Waals surface area contributed by atoms with Crippen molar-refractivity contribution in [2.45, 2.75) is 111 Å². The van der Waals surface area contributed by atoms with Crippen LogP contribution in [-0.2, 0) is 9.47 Å². The molecule has 0 radical (unpaired) electrons. The van der Waals surface area contributed by atoms with E-state index < -0.39 is 0 Å². The van der Waals surface area contributed by atoms with Crippen molar-refractivity contribution in [3.63, 3.8) is 0 Å². The lowest BCUT2D eigenvalue weighted by atomic mass is 9.52. The van der Waals surface area contributed by atoms with Crippen LogP contribution >= 0.6 is 0 Å². The number of amides is 1. The maximum absolute atomic E-state index is 12.5. The molecule has 1 amide bonds. The van der Waals surface area contributed by atoms with Crippen LogP contribution in [0, 0.1) is 34.5 Å². The van der Waals surface area contributed by atoms with Gasteiger partial charge in [0.25, 0.3) is 0 Å². The van der Waals surface area contributed by atoms with Crippen molar-refractivity contribution in [2.75, 3.05) is 13.1 Å². The summed E-state index contributed by atoms with van der Waals surface area (Å²) in [6.45, 7) is 15.9.